The molecule has 1 N–H and O–H groups in total. The van der Waals surface area contributed by atoms with Crippen molar-refractivity contribution in [2.24, 2.45) is 0 Å². The molecule has 0 aliphatic carbocycles. The molecule has 6 nitrogen and oxygen atoms in total. The van der Waals surface area contributed by atoms with Gasteiger partial charge < -0.3 is 9.88 Å². The Balaban J connectivity index is 1.37. The van der Waals surface area contributed by atoms with Gasteiger partial charge in [0.15, 0.2) is 0 Å². The number of aryl methyl sites for hydroxylation is 1. The molecule has 1 fully saturated rings. The van der Waals surface area contributed by atoms with Crippen molar-refractivity contribution in [3.63, 3.8) is 0 Å². The van der Waals surface area contributed by atoms with Crippen molar-refractivity contribution >= 4 is 86.3 Å². The molecule has 0 saturated carbocycles. The average molecular weight is 585 g/mol. The summed E-state index contributed by atoms with van der Waals surface area (Å²) in [6.07, 6.45) is 3.60. The Morgan fingerprint density at radius 3 is 2.55 bits per heavy atom. The van der Waals surface area contributed by atoms with Gasteiger partial charge in [-0.3, -0.25) is 19.3 Å². The van der Waals surface area contributed by atoms with Gasteiger partial charge in [-0.05, 0) is 66.2 Å². The molecule has 192 valence electrons. The summed E-state index contributed by atoms with van der Waals surface area (Å²) < 4.78 is 2.03. The predicted octanol–water partition coefficient (Wildman–Crippen LogP) is 7.63. The molecule has 0 unspecified atom stereocenters. The maximum absolute atomic E-state index is 13.1. The van der Waals surface area contributed by atoms with Crippen molar-refractivity contribution in [3.8, 4) is 0 Å². The smallest absolute Gasteiger partial charge is 0.294 e. The van der Waals surface area contributed by atoms with Gasteiger partial charge in [0.25, 0.3) is 11.1 Å². The van der Waals surface area contributed by atoms with Crippen molar-refractivity contribution < 1.29 is 14.4 Å². The number of thioether (sulfide) groups is 1. The number of nitrogens with zero attached hydrogens (tertiary/aromatic N) is 2. The summed E-state index contributed by atoms with van der Waals surface area (Å²) >= 11 is 19.4. The third-order valence-electron chi connectivity index (χ3n) is 6.09. The lowest BCUT2D eigenvalue weighted by Gasteiger charge is -2.12. The third kappa shape index (κ3) is 5.47. The summed E-state index contributed by atoms with van der Waals surface area (Å²) in [7, 11) is 0. The Labute approximate surface area is 238 Å². The Bertz CT molecular complexity index is 1650. The van der Waals surface area contributed by atoms with Crippen LogP contribution in [0.2, 0.25) is 15.1 Å². The van der Waals surface area contributed by atoms with E-state index in [-0.39, 0.29) is 4.91 Å². The number of rotatable bonds is 6. The van der Waals surface area contributed by atoms with Crippen LogP contribution >= 0.6 is 46.6 Å². The molecular weight excluding hydrogens is 565 g/mol. The minimum absolute atomic E-state index is 0.244. The van der Waals surface area contributed by atoms with Crippen molar-refractivity contribution in [1.29, 1.82) is 0 Å². The molecule has 1 aromatic heterocycles. The van der Waals surface area contributed by atoms with Crippen molar-refractivity contribution in [3.05, 3.63) is 104 Å². The van der Waals surface area contributed by atoms with Gasteiger partial charge in [-0.15, -0.1) is 0 Å². The van der Waals surface area contributed by atoms with E-state index in [0.29, 0.717) is 27.3 Å². The average Bonchev–Trinajstić information content (AvgIpc) is 3.35. The largest absolute Gasteiger partial charge is 0.342 e. The fourth-order valence-electron chi connectivity index (χ4n) is 4.15. The quantitative estimate of drug-likeness (QED) is 0.237. The van der Waals surface area contributed by atoms with Crippen molar-refractivity contribution in [1.82, 2.24) is 9.47 Å². The molecule has 4 aromatic rings. The number of carbonyl (C=O) groups excluding carboxylic acids is 3. The van der Waals surface area contributed by atoms with Gasteiger partial charge in [-0.1, -0.05) is 65.1 Å². The van der Waals surface area contributed by atoms with Crippen LogP contribution in [-0.2, 0) is 16.1 Å². The second-order valence-corrected chi connectivity index (χ2v) is 11.0. The molecular formula is C28H20Cl3N3O3S. The number of nitrogens with one attached hydrogen (secondary N) is 1. The molecule has 3 aromatic carbocycles. The van der Waals surface area contributed by atoms with Crippen LogP contribution < -0.4 is 5.32 Å². The molecule has 10 heteroatoms. The summed E-state index contributed by atoms with van der Waals surface area (Å²) in [4.78, 5) is 39.5. The Morgan fingerprint density at radius 1 is 1.00 bits per heavy atom. The lowest BCUT2D eigenvalue weighted by molar-refractivity contribution is -0.127. The number of benzene rings is 3. The van der Waals surface area contributed by atoms with Crippen LogP contribution in [0.4, 0.5) is 10.5 Å². The van der Waals surface area contributed by atoms with Crippen LogP contribution in [0.5, 0.6) is 0 Å². The molecule has 38 heavy (non-hydrogen) atoms. The van der Waals surface area contributed by atoms with E-state index < -0.39 is 23.6 Å². The van der Waals surface area contributed by atoms with Crippen LogP contribution in [0.3, 0.4) is 0 Å². The van der Waals surface area contributed by atoms with Crippen LogP contribution in [0, 0.1) is 6.92 Å². The van der Waals surface area contributed by atoms with E-state index in [2.05, 4.69) is 5.32 Å². The van der Waals surface area contributed by atoms with Crippen LogP contribution in [-0.4, -0.2) is 33.1 Å². The normalized spacial score (nSPS) is 14.6. The molecule has 3 amide bonds. The first kappa shape index (κ1) is 26.4. The van der Waals surface area contributed by atoms with Crippen molar-refractivity contribution in [2.75, 3.05) is 11.9 Å². The number of para-hydroxylation sites is 1. The van der Waals surface area contributed by atoms with Gasteiger partial charge >= 0.3 is 0 Å². The summed E-state index contributed by atoms with van der Waals surface area (Å²) in [6, 6.07) is 18.2. The lowest BCUT2D eigenvalue weighted by Crippen LogP contribution is -2.36. The molecule has 1 aliphatic heterocycles. The summed E-state index contributed by atoms with van der Waals surface area (Å²) in [5.74, 6) is -1.01. The second kappa shape index (κ2) is 10.9. The van der Waals surface area contributed by atoms with Gasteiger partial charge in [-0.25, -0.2) is 0 Å². The number of fused-ring (bicyclic) bond motifs is 1. The molecule has 5 rings (SSSR count). The van der Waals surface area contributed by atoms with E-state index in [9.17, 15) is 14.4 Å². The summed E-state index contributed by atoms with van der Waals surface area (Å²) in [5, 5.41) is 4.72. The highest BCUT2D eigenvalue weighted by molar-refractivity contribution is 8.18. The Hall–Kier alpha value is -3.23. The Kier molecular flexibility index (Phi) is 7.54. The standard InChI is InChI=1S/C28H20Cl3N3O3S/c1-16-6-9-20(12-22(16)30)32-26(35)15-34-27(36)25(38-28(34)37)10-18-14-33(24-5-3-2-4-21(18)24)13-17-7-8-19(29)11-23(17)31/h2-12,14H,13,15H2,1H3,(H,32,35)/b25-10+. The first-order valence-electron chi connectivity index (χ1n) is 11.5. The minimum atomic E-state index is -0.519. The SMILES string of the molecule is Cc1ccc(NC(=O)CN2C(=O)S/C(=C/c3cn(Cc4ccc(Cl)cc4Cl)c4ccccc34)C2=O)cc1Cl. The van der Waals surface area contributed by atoms with E-state index in [1.807, 2.05) is 48.0 Å². The number of hydrogen-bond acceptors (Lipinski definition) is 4. The molecule has 2 heterocycles. The molecule has 0 radical (unpaired) electrons. The van der Waals surface area contributed by atoms with E-state index in [1.165, 1.54) is 0 Å². The van der Waals surface area contributed by atoms with Crippen LogP contribution in [0.25, 0.3) is 17.0 Å². The molecule has 0 spiro atoms. The first-order valence-corrected chi connectivity index (χ1v) is 13.5. The summed E-state index contributed by atoms with van der Waals surface area (Å²) in [5.41, 5.74) is 3.97. The molecule has 1 saturated heterocycles. The number of carbonyl (C=O) groups is 3. The monoisotopic (exact) mass is 583 g/mol. The van der Waals surface area contributed by atoms with E-state index in [0.717, 1.165) is 44.3 Å². The highest BCUT2D eigenvalue weighted by atomic mass is 35.5. The van der Waals surface area contributed by atoms with Gasteiger partial charge in [0, 0.05) is 50.0 Å². The van der Waals surface area contributed by atoms with E-state index in [1.54, 1.807) is 36.4 Å². The zero-order valence-corrected chi connectivity index (χ0v) is 23.1. The second-order valence-electron chi connectivity index (χ2n) is 8.75. The number of anilines is 1. The highest BCUT2D eigenvalue weighted by Gasteiger charge is 2.36. The van der Waals surface area contributed by atoms with Crippen LogP contribution in [0.1, 0.15) is 16.7 Å². The molecule has 0 bridgehead atoms. The maximum atomic E-state index is 13.1. The molecule has 1 aliphatic rings. The van der Waals surface area contributed by atoms with E-state index >= 15 is 0 Å². The fourth-order valence-corrected chi connectivity index (χ4v) is 5.62. The molecule has 0 atom stereocenters. The van der Waals surface area contributed by atoms with Gasteiger partial charge in [0.1, 0.15) is 6.54 Å². The fraction of sp³-hybridized carbons (Fsp3) is 0.107. The van der Waals surface area contributed by atoms with Crippen molar-refractivity contribution in [2.45, 2.75) is 13.5 Å². The summed E-state index contributed by atoms with van der Waals surface area (Å²) in [6.45, 7) is 1.95. The third-order valence-corrected chi connectivity index (χ3v) is 7.99. The van der Waals surface area contributed by atoms with E-state index in [4.69, 9.17) is 34.8 Å². The number of halogens is 3. The number of amides is 3. The minimum Gasteiger partial charge on any atom is -0.342 e. The highest BCUT2D eigenvalue weighted by Crippen LogP contribution is 2.34. The van der Waals surface area contributed by atoms with Gasteiger partial charge in [0.2, 0.25) is 5.91 Å². The maximum Gasteiger partial charge on any atom is 0.294 e. The zero-order chi connectivity index (χ0) is 27.0. The first-order chi connectivity index (χ1) is 18.2. The predicted molar refractivity (Wildman–Crippen MR) is 155 cm³/mol. The van der Waals surface area contributed by atoms with Crippen LogP contribution in [0.15, 0.2) is 71.8 Å². The number of aromatic nitrogens is 1. The van der Waals surface area contributed by atoms with Gasteiger partial charge in [-0.2, -0.15) is 0 Å². The number of hydrogen-bond donors (Lipinski definition) is 1. The van der Waals surface area contributed by atoms with Gasteiger partial charge in [0.05, 0.1) is 4.91 Å². The Morgan fingerprint density at radius 2 is 1.79 bits per heavy atom. The zero-order valence-electron chi connectivity index (χ0n) is 20.0. The number of imide groups is 1. The topological polar surface area (TPSA) is 71.4 Å². The lowest BCUT2D eigenvalue weighted by atomic mass is 10.1.